The van der Waals surface area contributed by atoms with Crippen LogP contribution >= 0.6 is 11.3 Å². The lowest BCUT2D eigenvalue weighted by Crippen LogP contribution is -2.16. The molecule has 1 aromatic carbocycles. The van der Waals surface area contributed by atoms with E-state index in [1.807, 2.05) is 6.07 Å². The number of halogens is 2. The van der Waals surface area contributed by atoms with Gasteiger partial charge in [-0.15, -0.1) is 11.3 Å². The molecule has 1 aromatic heterocycles. The zero-order valence-electron chi connectivity index (χ0n) is 9.80. The minimum absolute atomic E-state index is 0.114. The molecular weight excluding hydrogens is 252 g/mol. The van der Waals surface area contributed by atoms with Crippen LogP contribution in [0.25, 0.3) is 10.4 Å². The molecule has 18 heavy (non-hydrogen) atoms. The highest BCUT2D eigenvalue weighted by Crippen LogP contribution is 2.35. The van der Waals surface area contributed by atoms with E-state index in [2.05, 4.69) is 5.32 Å². The van der Waals surface area contributed by atoms with Gasteiger partial charge in [-0.2, -0.15) is 0 Å². The molecule has 0 aliphatic carbocycles. The van der Waals surface area contributed by atoms with Crippen LogP contribution in [0.1, 0.15) is 10.4 Å². The maximum Gasteiger partial charge on any atom is 0.134 e. The van der Waals surface area contributed by atoms with Crippen LogP contribution in [-0.4, -0.2) is 13.1 Å². The molecule has 0 atom stereocenters. The van der Waals surface area contributed by atoms with Crippen LogP contribution in [0.15, 0.2) is 24.3 Å². The van der Waals surface area contributed by atoms with Crippen LogP contribution < -0.4 is 5.32 Å². The van der Waals surface area contributed by atoms with Gasteiger partial charge in [0, 0.05) is 9.75 Å². The maximum absolute atomic E-state index is 13.7. The van der Waals surface area contributed by atoms with Crippen LogP contribution in [0.2, 0.25) is 0 Å². The standard InChI is InChI=1S/C14H13F2NS/c15-10-2-1-3-11(16)14(10)13-8-9-4-6-17-7-5-12(9)18-13/h1-3,8,17H,4-7H2. The fraction of sp³-hybridized carbons (Fsp3) is 0.286. The van der Waals surface area contributed by atoms with Gasteiger partial charge in [0.1, 0.15) is 11.6 Å². The molecule has 0 unspecified atom stereocenters. The molecule has 0 radical (unpaired) electrons. The molecule has 0 saturated carbocycles. The Morgan fingerprint density at radius 3 is 2.56 bits per heavy atom. The topological polar surface area (TPSA) is 12.0 Å². The largest absolute Gasteiger partial charge is 0.316 e. The number of thiophene rings is 1. The lowest BCUT2D eigenvalue weighted by molar-refractivity contribution is 0.590. The van der Waals surface area contributed by atoms with Gasteiger partial charge in [-0.05, 0) is 49.7 Å². The van der Waals surface area contributed by atoms with Gasteiger partial charge in [-0.1, -0.05) is 6.07 Å². The van der Waals surface area contributed by atoms with Gasteiger partial charge < -0.3 is 5.32 Å². The predicted molar refractivity (Wildman–Crippen MR) is 69.9 cm³/mol. The summed E-state index contributed by atoms with van der Waals surface area (Å²) in [5.41, 5.74) is 1.34. The Labute approximate surface area is 108 Å². The van der Waals surface area contributed by atoms with Gasteiger partial charge >= 0.3 is 0 Å². The predicted octanol–water partition coefficient (Wildman–Crippen LogP) is 3.38. The first kappa shape index (κ1) is 11.8. The SMILES string of the molecule is Fc1cccc(F)c1-c1cc2c(s1)CCNCC2. The third-order valence-electron chi connectivity index (χ3n) is 3.21. The van der Waals surface area contributed by atoms with E-state index < -0.39 is 11.6 Å². The molecule has 0 saturated heterocycles. The molecule has 94 valence electrons. The van der Waals surface area contributed by atoms with E-state index in [4.69, 9.17) is 0 Å². The molecule has 4 heteroatoms. The highest BCUT2D eigenvalue weighted by molar-refractivity contribution is 7.15. The summed E-state index contributed by atoms with van der Waals surface area (Å²) in [6.07, 6.45) is 1.87. The Balaban J connectivity index is 2.08. The monoisotopic (exact) mass is 265 g/mol. The van der Waals surface area contributed by atoms with Crippen molar-refractivity contribution in [3.05, 3.63) is 46.3 Å². The normalized spacial score (nSPS) is 15.2. The van der Waals surface area contributed by atoms with Gasteiger partial charge in [0.2, 0.25) is 0 Å². The first-order chi connectivity index (χ1) is 8.75. The number of rotatable bonds is 1. The third kappa shape index (κ3) is 2.06. The summed E-state index contributed by atoms with van der Waals surface area (Å²) in [5.74, 6) is -0.964. The van der Waals surface area contributed by atoms with Crippen molar-refractivity contribution < 1.29 is 8.78 Å². The molecule has 3 rings (SSSR count). The first-order valence-corrected chi connectivity index (χ1v) is 6.84. The Morgan fingerprint density at radius 1 is 1.06 bits per heavy atom. The van der Waals surface area contributed by atoms with Gasteiger partial charge in [0.25, 0.3) is 0 Å². The van der Waals surface area contributed by atoms with Crippen LogP contribution in [-0.2, 0) is 12.8 Å². The second-order valence-electron chi connectivity index (χ2n) is 4.41. The molecule has 0 amide bonds. The number of hydrogen-bond donors (Lipinski definition) is 1. The second kappa shape index (κ2) is 4.78. The average Bonchev–Trinajstić information content (AvgIpc) is 2.60. The van der Waals surface area contributed by atoms with Gasteiger partial charge in [-0.3, -0.25) is 0 Å². The average molecular weight is 265 g/mol. The summed E-state index contributed by atoms with van der Waals surface area (Å²) in [4.78, 5) is 1.95. The summed E-state index contributed by atoms with van der Waals surface area (Å²) in [5, 5.41) is 3.32. The lowest BCUT2D eigenvalue weighted by atomic mass is 10.1. The maximum atomic E-state index is 13.7. The minimum atomic E-state index is -0.482. The van der Waals surface area contributed by atoms with Crippen LogP contribution in [0.4, 0.5) is 8.78 Å². The minimum Gasteiger partial charge on any atom is -0.316 e. The van der Waals surface area contributed by atoms with E-state index in [1.54, 1.807) is 0 Å². The molecule has 0 fully saturated rings. The number of nitrogens with one attached hydrogen (secondary N) is 1. The van der Waals surface area contributed by atoms with E-state index in [0.29, 0.717) is 4.88 Å². The highest BCUT2D eigenvalue weighted by Gasteiger charge is 2.17. The molecule has 1 aliphatic heterocycles. The van der Waals surface area contributed by atoms with Crippen molar-refractivity contribution >= 4 is 11.3 Å². The van der Waals surface area contributed by atoms with E-state index in [1.165, 1.54) is 40.0 Å². The van der Waals surface area contributed by atoms with Crippen molar-refractivity contribution in [3.8, 4) is 10.4 Å². The fourth-order valence-electron chi connectivity index (χ4n) is 2.30. The Morgan fingerprint density at radius 2 is 1.78 bits per heavy atom. The van der Waals surface area contributed by atoms with Crippen LogP contribution in [0.3, 0.4) is 0 Å². The lowest BCUT2D eigenvalue weighted by Gasteiger charge is -2.01. The van der Waals surface area contributed by atoms with Crippen molar-refractivity contribution in [1.82, 2.24) is 5.32 Å². The van der Waals surface area contributed by atoms with Crippen molar-refractivity contribution in [2.24, 2.45) is 0 Å². The van der Waals surface area contributed by atoms with E-state index in [0.717, 1.165) is 25.9 Å². The van der Waals surface area contributed by atoms with Crippen molar-refractivity contribution in [2.45, 2.75) is 12.8 Å². The zero-order chi connectivity index (χ0) is 12.5. The molecule has 1 aliphatic rings. The van der Waals surface area contributed by atoms with Crippen molar-refractivity contribution in [3.63, 3.8) is 0 Å². The first-order valence-electron chi connectivity index (χ1n) is 6.02. The van der Waals surface area contributed by atoms with Crippen LogP contribution in [0.5, 0.6) is 0 Å². The number of fused-ring (bicyclic) bond motifs is 1. The molecule has 0 spiro atoms. The Hall–Kier alpha value is -1.26. The molecule has 2 aromatic rings. The summed E-state index contributed by atoms with van der Waals surface area (Å²) in [7, 11) is 0. The summed E-state index contributed by atoms with van der Waals surface area (Å²) in [6.45, 7) is 1.87. The molecule has 1 N–H and O–H groups in total. The molecule has 2 heterocycles. The zero-order valence-corrected chi connectivity index (χ0v) is 10.6. The van der Waals surface area contributed by atoms with Crippen molar-refractivity contribution in [1.29, 1.82) is 0 Å². The van der Waals surface area contributed by atoms with Crippen molar-refractivity contribution in [2.75, 3.05) is 13.1 Å². The smallest absolute Gasteiger partial charge is 0.134 e. The van der Waals surface area contributed by atoms with Gasteiger partial charge in [0.15, 0.2) is 0 Å². The van der Waals surface area contributed by atoms with E-state index in [9.17, 15) is 8.78 Å². The summed E-state index contributed by atoms with van der Waals surface area (Å²) < 4.78 is 27.5. The van der Waals surface area contributed by atoms with Gasteiger partial charge in [0.05, 0.1) is 5.56 Å². The summed E-state index contributed by atoms with van der Waals surface area (Å²) >= 11 is 1.51. The number of benzene rings is 1. The Kier molecular flexibility index (Phi) is 3.14. The van der Waals surface area contributed by atoms with E-state index >= 15 is 0 Å². The molecular formula is C14H13F2NS. The second-order valence-corrected chi connectivity index (χ2v) is 5.54. The fourth-order valence-corrected chi connectivity index (χ4v) is 3.56. The highest BCUT2D eigenvalue weighted by atomic mass is 32.1. The van der Waals surface area contributed by atoms with Gasteiger partial charge in [-0.25, -0.2) is 8.78 Å². The Bertz CT molecular complexity index is 533. The van der Waals surface area contributed by atoms with Crippen LogP contribution in [0, 0.1) is 11.6 Å². The third-order valence-corrected chi connectivity index (χ3v) is 4.46. The molecule has 0 bridgehead atoms. The quantitative estimate of drug-likeness (QED) is 0.833. The summed E-state index contributed by atoms with van der Waals surface area (Å²) in [6, 6.07) is 5.96. The number of hydrogen-bond acceptors (Lipinski definition) is 2. The van der Waals surface area contributed by atoms with E-state index in [-0.39, 0.29) is 5.56 Å². The molecule has 1 nitrogen and oxygen atoms in total.